The van der Waals surface area contributed by atoms with Gasteiger partial charge in [-0.05, 0) is 32.9 Å². The average molecular weight is 310 g/mol. The molecule has 0 atom stereocenters. The number of sulfonamides is 1. The molecule has 0 spiro atoms. The number of hydrogen-bond donors (Lipinski definition) is 2. The second-order valence-electron chi connectivity index (χ2n) is 5.51. The van der Waals surface area contributed by atoms with Gasteiger partial charge >= 0.3 is 6.01 Å². The molecule has 21 heavy (non-hydrogen) atoms. The zero-order valence-electron chi connectivity index (χ0n) is 12.1. The van der Waals surface area contributed by atoms with Gasteiger partial charge < -0.3 is 9.73 Å². The Morgan fingerprint density at radius 2 is 1.81 bits per heavy atom. The molecule has 2 aromatic rings. The summed E-state index contributed by atoms with van der Waals surface area (Å²) < 4.78 is 31.8. The van der Waals surface area contributed by atoms with Crippen LogP contribution in [0.4, 0.5) is 6.01 Å². The Hall–Kier alpha value is -1.93. The topological polar surface area (TPSA) is 97.1 Å². The third-order valence-electron chi connectivity index (χ3n) is 2.42. The van der Waals surface area contributed by atoms with Crippen LogP contribution in [0.2, 0.25) is 0 Å². The maximum absolute atomic E-state index is 12.0. The summed E-state index contributed by atoms with van der Waals surface area (Å²) in [5, 5.41) is 10.6. The molecular weight excluding hydrogens is 292 g/mol. The molecule has 0 amide bonds. The summed E-state index contributed by atoms with van der Waals surface area (Å²) in [4.78, 5) is 0.192. The first-order valence-corrected chi connectivity index (χ1v) is 7.90. The van der Waals surface area contributed by atoms with Gasteiger partial charge in [0.15, 0.2) is 0 Å². The molecular formula is C13H18N4O3S. The SMILES string of the molecule is CC(C)(C)Nc1nnc(CNS(=O)(=O)c2ccccc2)o1. The van der Waals surface area contributed by atoms with Gasteiger partial charge in [0.05, 0.1) is 11.4 Å². The predicted molar refractivity (Wildman–Crippen MR) is 78.1 cm³/mol. The largest absolute Gasteiger partial charge is 0.407 e. The van der Waals surface area contributed by atoms with Crippen molar-refractivity contribution in [3.05, 3.63) is 36.2 Å². The van der Waals surface area contributed by atoms with Crippen molar-refractivity contribution < 1.29 is 12.8 Å². The van der Waals surface area contributed by atoms with Crippen molar-refractivity contribution in [3.8, 4) is 0 Å². The second-order valence-corrected chi connectivity index (χ2v) is 7.28. The third-order valence-corrected chi connectivity index (χ3v) is 3.83. The molecule has 0 radical (unpaired) electrons. The van der Waals surface area contributed by atoms with E-state index in [2.05, 4.69) is 20.2 Å². The van der Waals surface area contributed by atoms with Crippen molar-refractivity contribution in [2.45, 2.75) is 37.8 Å². The average Bonchev–Trinajstić information content (AvgIpc) is 2.83. The van der Waals surface area contributed by atoms with Crippen molar-refractivity contribution in [1.29, 1.82) is 0 Å². The highest BCUT2D eigenvalue weighted by Crippen LogP contribution is 2.13. The van der Waals surface area contributed by atoms with E-state index in [1.807, 2.05) is 20.8 Å². The van der Waals surface area contributed by atoms with Gasteiger partial charge in [0.1, 0.15) is 0 Å². The van der Waals surface area contributed by atoms with Gasteiger partial charge in [-0.25, -0.2) is 13.1 Å². The quantitative estimate of drug-likeness (QED) is 0.873. The Kier molecular flexibility index (Phi) is 4.29. The van der Waals surface area contributed by atoms with Gasteiger partial charge in [-0.15, -0.1) is 5.10 Å². The van der Waals surface area contributed by atoms with Crippen LogP contribution in [0.15, 0.2) is 39.6 Å². The summed E-state index contributed by atoms with van der Waals surface area (Å²) in [7, 11) is -3.58. The molecule has 0 bridgehead atoms. The van der Waals surface area contributed by atoms with Crippen molar-refractivity contribution in [3.63, 3.8) is 0 Å². The lowest BCUT2D eigenvalue weighted by Gasteiger charge is -2.17. The number of rotatable bonds is 5. The van der Waals surface area contributed by atoms with Gasteiger partial charge in [-0.1, -0.05) is 23.3 Å². The molecule has 0 aliphatic heterocycles. The highest BCUT2D eigenvalue weighted by atomic mass is 32.2. The minimum Gasteiger partial charge on any atom is -0.407 e. The molecule has 1 aromatic heterocycles. The van der Waals surface area contributed by atoms with E-state index < -0.39 is 10.0 Å². The monoisotopic (exact) mass is 310 g/mol. The molecule has 8 heteroatoms. The molecule has 0 saturated heterocycles. The second kappa shape index (κ2) is 5.82. The summed E-state index contributed by atoms with van der Waals surface area (Å²) in [5.41, 5.74) is -0.215. The van der Waals surface area contributed by atoms with Crippen LogP contribution in [0.3, 0.4) is 0 Å². The molecule has 0 saturated carbocycles. The number of benzene rings is 1. The Morgan fingerprint density at radius 3 is 2.43 bits per heavy atom. The minimum absolute atomic E-state index is 0.0595. The highest BCUT2D eigenvalue weighted by Gasteiger charge is 2.17. The van der Waals surface area contributed by atoms with E-state index in [9.17, 15) is 8.42 Å². The third kappa shape index (κ3) is 4.54. The number of nitrogens with zero attached hydrogens (tertiary/aromatic N) is 2. The summed E-state index contributed by atoms with van der Waals surface area (Å²) in [6.07, 6.45) is 0. The van der Waals surface area contributed by atoms with Crippen LogP contribution in [-0.2, 0) is 16.6 Å². The molecule has 0 fully saturated rings. The first-order chi connectivity index (χ1) is 9.76. The molecule has 2 N–H and O–H groups in total. The van der Waals surface area contributed by atoms with Gasteiger partial charge in [0, 0.05) is 5.54 Å². The van der Waals surface area contributed by atoms with E-state index in [-0.39, 0.29) is 28.9 Å². The van der Waals surface area contributed by atoms with E-state index in [1.54, 1.807) is 18.2 Å². The summed E-state index contributed by atoms with van der Waals surface area (Å²) in [5.74, 6) is 0.196. The van der Waals surface area contributed by atoms with Crippen molar-refractivity contribution in [1.82, 2.24) is 14.9 Å². The maximum Gasteiger partial charge on any atom is 0.315 e. The Labute approximate surface area is 123 Å². The van der Waals surface area contributed by atoms with Crippen LogP contribution in [0, 0.1) is 0 Å². The number of anilines is 1. The van der Waals surface area contributed by atoms with Crippen LogP contribution in [0.25, 0.3) is 0 Å². The van der Waals surface area contributed by atoms with Crippen LogP contribution in [0.1, 0.15) is 26.7 Å². The smallest absolute Gasteiger partial charge is 0.315 e. The molecule has 0 aliphatic rings. The van der Waals surface area contributed by atoms with E-state index in [0.29, 0.717) is 0 Å². The van der Waals surface area contributed by atoms with Crippen LogP contribution >= 0.6 is 0 Å². The first kappa shape index (κ1) is 15.5. The standard InChI is InChI=1S/C13H18N4O3S/c1-13(2,3)15-12-17-16-11(20-12)9-14-21(18,19)10-7-5-4-6-8-10/h4-8,14H,9H2,1-3H3,(H,15,17). The number of aromatic nitrogens is 2. The number of nitrogens with one attached hydrogen (secondary N) is 2. The molecule has 0 unspecified atom stereocenters. The zero-order chi connectivity index (χ0) is 15.5. The Bertz CT molecular complexity index is 690. The Morgan fingerprint density at radius 1 is 1.14 bits per heavy atom. The van der Waals surface area contributed by atoms with Gasteiger partial charge in [-0.3, -0.25) is 0 Å². The summed E-state index contributed by atoms with van der Waals surface area (Å²) in [6, 6.07) is 8.36. The summed E-state index contributed by atoms with van der Waals surface area (Å²) >= 11 is 0. The minimum atomic E-state index is -3.58. The fourth-order valence-electron chi connectivity index (χ4n) is 1.54. The molecule has 1 aromatic carbocycles. The molecule has 7 nitrogen and oxygen atoms in total. The van der Waals surface area contributed by atoms with Crippen LogP contribution in [0.5, 0.6) is 0 Å². The molecule has 1 heterocycles. The Balaban J connectivity index is 2.01. The van der Waals surface area contributed by atoms with E-state index in [0.717, 1.165) is 0 Å². The normalized spacial score (nSPS) is 12.3. The van der Waals surface area contributed by atoms with Gasteiger partial charge in [0.25, 0.3) is 0 Å². The molecule has 2 rings (SSSR count). The zero-order valence-corrected chi connectivity index (χ0v) is 12.9. The fraction of sp³-hybridized carbons (Fsp3) is 0.385. The maximum atomic E-state index is 12.0. The highest BCUT2D eigenvalue weighted by molar-refractivity contribution is 7.89. The van der Waals surface area contributed by atoms with E-state index in [1.165, 1.54) is 12.1 Å². The molecule has 0 aliphatic carbocycles. The first-order valence-electron chi connectivity index (χ1n) is 6.41. The van der Waals surface area contributed by atoms with Crippen molar-refractivity contribution >= 4 is 16.0 Å². The van der Waals surface area contributed by atoms with Crippen LogP contribution < -0.4 is 10.0 Å². The lowest BCUT2D eigenvalue weighted by atomic mass is 10.1. The van der Waals surface area contributed by atoms with Crippen molar-refractivity contribution in [2.75, 3.05) is 5.32 Å². The van der Waals surface area contributed by atoms with Gasteiger partial charge in [-0.2, -0.15) is 0 Å². The fourth-order valence-corrected chi connectivity index (χ4v) is 2.53. The summed E-state index contributed by atoms with van der Waals surface area (Å²) in [6.45, 7) is 5.80. The van der Waals surface area contributed by atoms with Crippen LogP contribution in [-0.4, -0.2) is 24.2 Å². The lowest BCUT2D eigenvalue weighted by Crippen LogP contribution is -2.26. The van der Waals surface area contributed by atoms with E-state index in [4.69, 9.17) is 4.42 Å². The lowest BCUT2D eigenvalue weighted by molar-refractivity contribution is 0.478. The van der Waals surface area contributed by atoms with Gasteiger partial charge in [0.2, 0.25) is 15.9 Å². The number of hydrogen-bond acceptors (Lipinski definition) is 6. The van der Waals surface area contributed by atoms with Crippen molar-refractivity contribution in [2.24, 2.45) is 0 Å². The molecule has 114 valence electrons. The van der Waals surface area contributed by atoms with E-state index >= 15 is 0 Å². The predicted octanol–water partition coefficient (Wildman–Crippen LogP) is 1.76.